The molecule has 72 valence electrons. The summed E-state index contributed by atoms with van der Waals surface area (Å²) in [7, 11) is 0. The minimum absolute atomic E-state index is 0.712. The Kier molecular flexibility index (Phi) is 5.47. The monoisotopic (exact) mass is 187 g/mol. The number of hydrogen-bond acceptors (Lipinski definition) is 2. The van der Waals surface area contributed by atoms with Gasteiger partial charge in [-0.1, -0.05) is 20.8 Å². The van der Waals surface area contributed by atoms with E-state index in [4.69, 9.17) is 5.73 Å². The SMILES string of the molecule is CCC(S/C(C)=C(/C)N)C(C)C. The molecule has 0 aromatic heterocycles. The zero-order valence-corrected chi connectivity index (χ0v) is 9.66. The van der Waals surface area contributed by atoms with E-state index in [-0.39, 0.29) is 0 Å². The lowest BCUT2D eigenvalue weighted by atomic mass is 10.1. The van der Waals surface area contributed by atoms with Crippen molar-refractivity contribution in [2.24, 2.45) is 11.7 Å². The van der Waals surface area contributed by atoms with E-state index in [2.05, 4.69) is 27.7 Å². The minimum atomic E-state index is 0.712. The lowest BCUT2D eigenvalue weighted by Crippen LogP contribution is -2.10. The number of hydrogen-bond donors (Lipinski definition) is 1. The summed E-state index contributed by atoms with van der Waals surface area (Å²) >= 11 is 1.92. The van der Waals surface area contributed by atoms with Crippen LogP contribution < -0.4 is 5.73 Å². The molecule has 12 heavy (non-hydrogen) atoms. The predicted molar refractivity (Wildman–Crippen MR) is 59.1 cm³/mol. The normalized spacial score (nSPS) is 16.2. The van der Waals surface area contributed by atoms with E-state index >= 15 is 0 Å². The van der Waals surface area contributed by atoms with Crippen molar-refractivity contribution >= 4 is 11.8 Å². The quantitative estimate of drug-likeness (QED) is 0.730. The molecule has 0 aromatic carbocycles. The van der Waals surface area contributed by atoms with E-state index < -0.39 is 0 Å². The Labute approximate surface area is 80.8 Å². The Hall–Kier alpha value is -0.110. The number of nitrogens with two attached hydrogens (primary N) is 1. The molecule has 0 aliphatic carbocycles. The fourth-order valence-electron chi connectivity index (χ4n) is 1.01. The van der Waals surface area contributed by atoms with Gasteiger partial charge < -0.3 is 5.73 Å². The van der Waals surface area contributed by atoms with Crippen LogP contribution in [0.25, 0.3) is 0 Å². The lowest BCUT2D eigenvalue weighted by Gasteiger charge is -2.19. The second-order valence-electron chi connectivity index (χ2n) is 3.55. The molecule has 0 bridgehead atoms. The molecule has 1 atom stereocenters. The van der Waals surface area contributed by atoms with Crippen LogP contribution in [0.4, 0.5) is 0 Å². The van der Waals surface area contributed by atoms with Gasteiger partial charge in [0.1, 0.15) is 0 Å². The summed E-state index contributed by atoms with van der Waals surface area (Å²) in [5, 5.41) is 0.712. The standard InChI is InChI=1S/C10H21NS/c1-6-10(7(2)3)12-9(5)8(4)11/h7,10H,6,11H2,1-5H3/b9-8-. The van der Waals surface area contributed by atoms with Gasteiger partial charge in [0.15, 0.2) is 0 Å². The Balaban J connectivity index is 4.13. The highest BCUT2D eigenvalue weighted by atomic mass is 32.2. The number of rotatable bonds is 4. The highest BCUT2D eigenvalue weighted by molar-refractivity contribution is 8.03. The largest absolute Gasteiger partial charge is 0.402 e. The molecule has 0 aliphatic rings. The smallest absolute Gasteiger partial charge is 0.0143 e. The van der Waals surface area contributed by atoms with E-state index in [0.717, 1.165) is 11.6 Å². The molecule has 0 spiro atoms. The van der Waals surface area contributed by atoms with Crippen molar-refractivity contribution in [3.05, 3.63) is 10.6 Å². The zero-order chi connectivity index (χ0) is 9.72. The molecular formula is C10H21NS. The van der Waals surface area contributed by atoms with Crippen LogP contribution in [-0.2, 0) is 0 Å². The Morgan fingerprint density at radius 2 is 1.83 bits per heavy atom. The van der Waals surface area contributed by atoms with Crippen LogP contribution in [0.2, 0.25) is 0 Å². The van der Waals surface area contributed by atoms with Crippen molar-refractivity contribution in [1.29, 1.82) is 0 Å². The van der Waals surface area contributed by atoms with Crippen LogP contribution in [-0.4, -0.2) is 5.25 Å². The van der Waals surface area contributed by atoms with E-state index in [1.165, 1.54) is 11.3 Å². The van der Waals surface area contributed by atoms with Crippen LogP contribution in [0, 0.1) is 5.92 Å². The topological polar surface area (TPSA) is 26.0 Å². The van der Waals surface area contributed by atoms with E-state index in [0.29, 0.717) is 5.25 Å². The highest BCUT2D eigenvalue weighted by Gasteiger charge is 2.12. The molecule has 0 heterocycles. The predicted octanol–water partition coefficient (Wildman–Crippen LogP) is 3.36. The molecule has 1 nitrogen and oxygen atoms in total. The van der Waals surface area contributed by atoms with Gasteiger partial charge in [-0.3, -0.25) is 0 Å². The molecular weight excluding hydrogens is 166 g/mol. The maximum Gasteiger partial charge on any atom is 0.0143 e. The van der Waals surface area contributed by atoms with Crippen LogP contribution >= 0.6 is 11.8 Å². The third-order valence-corrected chi connectivity index (χ3v) is 3.89. The Morgan fingerprint density at radius 1 is 1.33 bits per heavy atom. The third-order valence-electron chi connectivity index (χ3n) is 2.03. The second-order valence-corrected chi connectivity index (χ2v) is 5.00. The van der Waals surface area contributed by atoms with Gasteiger partial charge in [-0.15, -0.1) is 11.8 Å². The molecule has 2 N–H and O–H groups in total. The van der Waals surface area contributed by atoms with Crippen molar-refractivity contribution in [2.75, 3.05) is 0 Å². The summed E-state index contributed by atoms with van der Waals surface area (Å²) in [5.74, 6) is 0.731. The zero-order valence-electron chi connectivity index (χ0n) is 8.85. The second kappa shape index (κ2) is 5.52. The number of thioether (sulfide) groups is 1. The summed E-state index contributed by atoms with van der Waals surface area (Å²) < 4.78 is 0. The van der Waals surface area contributed by atoms with Crippen molar-refractivity contribution < 1.29 is 0 Å². The average Bonchev–Trinajstić information content (AvgIpc) is 1.98. The fourth-order valence-corrected chi connectivity index (χ4v) is 2.09. The van der Waals surface area contributed by atoms with Crippen molar-refractivity contribution in [3.8, 4) is 0 Å². The lowest BCUT2D eigenvalue weighted by molar-refractivity contribution is 0.595. The Bertz CT molecular complexity index is 157. The van der Waals surface area contributed by atoms with E-state index in [1.54, 1.807) is 0 Å². The molecule has 0 fully saturated rings. The van der Waals surface area contributed by atoms with E-state index in [9.17, 15) is 0 Å². The molecule has 0 aliphatic heterocycles. The summed E-state index contributed by atoms with van der Waals surface area (Å²) in [6.07, 6.45) is 1.22. The van der Waals surface area contributed by atoms with Gasteiger partial charge in [0.2, 0.25) is 0 Å². The van der Waals surface area contributed by atoms with Gasteiger partial charge in [0, 0.05) is 15.9 Å². The number of allylic oxidation sites excluding steroid dienone is 2. The molecule has 0 amide bonds. The first-order valence-corrected chi connectivity index (χ1v) is 5.46. The molecule has 0 radical (unpaired) electrons. The van der Waals surface area contributed by atoms with Gasteiger partial charge in [-0.05, 0) is 26.2 Å². The molecule has 0 saturated heterocycles. The van der Waals surface area contributed by atoms with Crippen LogP contribution in [0.15, 0.2) is 10.6 Å². The highest BCUT2D eigenvalue weighted by Crippen LogP contribution is 2.29. The van der Waals surface area contributed by atoms with Gasteiger partial charge in [0.25, 0.3) is 0 Å². The maximum atomic E-state index is 5.70. The summed E-state index contributed by atoms with van der Waals surface area (Å²) in [6, 6.07) is 0. The molecule has 2 heteroatoms. The third kappa shape index (κ3) is 4.05. The molecule has 1 unspecified atom stereocenters. The van der Waals surface area contributed by atoms with Crippen molar-refractivity contribution in [3.63, 3.8) is 0 Å². The Morgan fingerprint density at radius 3 is 2.08 bits per heavy atom. The van der Waals surface area contributed by atoms with Gasteiger partial charge in [-0.2, -0.15) is 0 Å². The average molecular weight is 187 g/mol. The summed E-state index contributed by atoms with van der Waals surface area (Å²) in [4.78, 5) is 1.27. The van der Waals surface area contributed by atoms with Gasteiger partial charge in [0.05, 0.1) is 0 Å². The van der Waals surface area contributed by atoms with Gasteiger partial charge >= 0.3 is 0 Å². The molecule has 0 saturated carbocycles. The fraction of sp³-hybridized carbons (Fsp3) is 0.800. The van der Waals surface area contributed by atoms with Crippen molar-refractivity contribution in [2.45, 2.75) is 46.3 Å². The first-order chi connectivity index (χ1) is 5.49. The van der Waals surface area contributed by atoms with E-state index in [1.807, 2.05) is 18.7 Å². The molecule has 0 rings (SSSR count). The van der Waals surface area contributed by atoms with Crippen LogP contribution in [0.5, 0.6) is 0 Å². The summed E-state index contributed by atoms with van der Waals surface area (Å²) in [6.45, 7) is 10.8. The van der Waals surface area contributed by atoms with Crippen LogP contribution in [0.3, 0.4) is 0 Å². The maximum absolute atomic E-state index is 5.70. The summed E-state index contributed by atoms with van der Waals surface area (Å²) in [5.41, 5.74) is 6.66. The first-order valence-electron chi connectivity index (χ1n) is 4.58. The first kappa shape index (κ1) is 11.9. The van der Waals surface area contributed by atoms with Gasteiger partial charge in [-0.25, -0.2) is 0 Å². The van der Waals surface area contributed by atoms with Crippen molar-refractivity contribution in [1.82, 2.24) is 0 Å². The van der Waals surface area contributed by atoms with Crippen LogP contribution in [0.1, 0.15) is 41.0 Å². The molecule has 0 aromatic rings. The minimum Gasteiger partial charge on any atom is -0.402 e.